The molecule has 0 fully saturated rings. The lowest BCUT2D eigenvalue weighted by Crippen LogP contribution is -2.43. The number of benzene rings is 1. The molecule has 2 rings (SSSR count). The van der Waals surface area contributed by atoms with E-state index in [4.69, 9.17) is 5.73 Å². The van der Waals surface area contributed by atoms with Crippen molar-refractivity contribution in [2.24, 2.45) is 11.7 Å². The minimum absolute atomic E-state index is 0.0681. The highest BCUT2D eigenvalue weighted by atomic mass is 16.2. The summed E-state index contributed by atoms with van der Waals surface area (Å²) >= 11 is 0. The number of rotatable bonds is 4. The van der Waals surface area contributed by atoms with Gasteiger partial charge in [-0.3, -0.25) is 9.69 Å². The highest BCUT2D eigenvalue weighted by Crippen LogP contribution is 2.23. The number of hydrogen-bond acceptors (Lipinski definition) is 3. The van der Waals surface area contributed by atoms with Crippen LogP contribution < -0.4 is 11.1 Å². The number of carbonyl (C=O) groups excluding carboxylic acids is 1. The lowest BCUT2D eigenvalue weighted by molar-refractivity contribution is -0.121. The third-order valence-electron chi connectivity index (χ3n) is 3.80. The molecule has 19 heavy (non-hydrogen) atoms. The molecule has 2 atom stereocenters. The summed E-state index contributed by atoms with van der Waals surface area (Å²) in [6, 6.07) is 7.96. The Kier molecular flexibility index (Phi) is 4.56. The Morgan fingerprint density at radius 2 is 2.21 bits per heavy atom. The molecule has 0 aromatic heterocycles. The van der Waals surface area contributed by atoms with Gasteiger partial charge < -0.3 is 11.1 Å². The molecule has 1 heterocycles. The number of amides is 1. The van der Waals surface area contributed by atoms with E-state index in [-0.39, 0.29) is 11.9 Å². The molecule has 1 amide bonds. The van der Waals surface area contributed by atoms with Crippen LogP contribution in [0.15, 0.2) is 24.3 Å². The fourth-order valence-corrected chi connectivity index (χ4v) is 2.61. The third kappa shape index (κ3) is 3.33. The van der Waals surface area contributed by atoms with Crippen LogP contribution in [0.25, 0.3) is 0 Å². The van der Waals surface area contributed by atoms with Crippen LogP contribution in [0.3, 0.4) is 0 Å². The summed E-state index contributed by atoms with van der Waals surface area (Å²) in [5, 5.41) is 3.03. The Balaban J connectivity index is 2.07. The second-order valence-electron chi connectivity index (χ2n) is 5.48. The zero-order chi connectivity index (χ0) is 13.8. The van der Waals surface area contributed by atoms with Crippen molar-refractivity contribution in [3.63, 3.8) is 0 Å². The topological polar surface area (TPSA) is 58.4 Å². The molecule has 1 aromatic rings. The largest absolute Gasteiger partial charge is 0.330 e. The molecule has 0 aliphatic carbocycles. The Morgan fingerprint density at radius 3 is 2.95 bits per heavy atom. The number of hydrogen-bond donors (Lipinski definition) is 2. The quantitative estimate of drug-likeness (QED) is 0.863. The van der Waals surface area contributed by atoms with Crippen LogP contribution in [0.4, 0.5) is 5.69 Å². The van der Waals surface area contributed by atoms with Crippen LogP contribution in [-0.4, -0.2) is 37.0 Å². The van der Waals surface area contributed by atoms with Crippen molar-refractivity contribution in [1.82, 2.24) is 4.90 Å². The standard InChI is InChI=1S/C15H23N3O/c1-11(9-16)10-18(2)14-8-7-12-5-3-4-6-13(12)17-15(14)19/h3-6,11,14H,7-10,16H2,1-2H3,(H,17,19). The molecule has 4 nitrogen and oxygen atoms in total. The molecule has 3 N–H and O–H groups in total. The van der Waals surface area contributed by atoms with Gasteiger partial charge in [0, 0.05) is 12.2 Å². The molecule has 0 radical (unpaired) electrons. The van der Waals surface area contributed by atoms with Gasteiger partial charge in [-0.1, -0.05) is 25.1 Å². The first-order chi connectivity index (χ1) is 9.11. The van der Waals surface area contributed by atoms with E-state index >= 15 is 0 Å². The Morgan fingerprint density at radius 1 is 1.47 bits per heavy atom. The smallest absolute Gasteiger partial charge is 0.241 e. The summed E-state index contributed by atoms with van der Waals surface area (Å²) in [5.74, 6) is 0.500. The third-order valence-corrected chi connectivity index (χ3v) is 3.80. The maximum Gasteiger partial charge on any atom is 0.241 e. The number of anilines is 1. The van der Waals surface area contributed by atoms with Gasteiger partial charge in [-0.05, 0) is 44.0 Å². The first kappa shape index (κ1) is 14.0. The highest BCUT2D eigenvalue weighted by molar-refractivity contribution is 5.96. The van der Waals surface area contributed by atoms with Crippen molar-refractivity contribution in [2.75, 3.05) is 25.5 Å². The minimum Gasteiger partial charge on any atom is -0.330 e. The van der Waals surface area contributed by atoms with E-state index < -0.39 is 0 Å². The number of aryl methyl sites for hydroxylation is 1. The van der Waals surface area contributed by atoms with E-state index in [1.165, 1.54) is 5.56 Å². The number of nitrogens with one attached hydrogen (secondary N) is 1. The molecule has 0 saturated carbocycles. The molecular formula is C15H23N3O. The summed E-state index contributed by atoms with van der Waals surface area (Å²) in [5.41, 5.74) is 7.83. The second kappa shape index (κ2) is 6.17. The van der Waals surface area contributed by atoms with Crippen molar-refractivity contribution in [1.29, 1.82) is 0 Å². The van der Waals surface area contributed by atoms with E-state index in [0.717, 1.165) is 25.1 Å². The lowest BCUT2D eigenvalue weighted by atomic mass is 10.0. The molecule has 1 aromatic carbocycles. The molecular weight excluding hydrogens is 238 g/mol. The lowest BCUT2D eigenvalue weighted by Gasteiger charge is -2.27. The summed E-state index contributed by atoms with van der Waals surface area (Å²) in [4.78, 5) is 14.4. The minimum atomic E-state index is -0.0681. The van der Waals surface area contributed by atoms with Crippen LogP contribution in [0.2, 0.25) is 0 Å². The van der Waals surface area contributed by atoms with Crippen LogP contribution >= 0.6 is 0 Å². The van der Waals surface area contributed by atoms with Crippen molar-refractivity contribution in [2.45, 2.75) is 25.8 Å². The average Bonchev–Trinajstić information content (AvgIpc) is 2.56. The van der Waals surface area contributed by atoms with Crippen LogP contribution in [0, 0.1) is 5.92 Å². The molecule has 1 aliphatic heterocycles. The molecule has 4 heteroatoms. The Labute approximate surface area is 115 Å². The van der Waals surface area contributed by atoms with Crippen molar-refractivity contribution in [3.8, 4) is 0 Å². The monoisotopic (exact) mass is 261 g/mol. The maximum atomic E-state index is 12.3. The van der Waals surface area contributed by atoms with Gasteiger partial charge in [-0.15, -0.1) is 0 Å². The van der Waals surface area contributed by atoms with E-state index in [2.05, 4.69) is 23.2 Å². The van der Waals surface area contributed by atoms with Crippen LogP contribution in [0.1, 0.15) is 18.9 Å². The number of likely N-dealkylation sites (N-methyl/N-ethyl adjacent to an activating group) is 1. The van der Waals surface area contributed by atoms with Gasteiger partial charge in [0.1, 0.15) is 0 Å². The number of nitrogens with two attached hydrogens (primary N) is 1. The van der Waals surface area contributed by atoms with E-state index in [9.17, 15) is 4.79 Å². The van der Waals surface area contributed by atoms with Gasteiger partial charge in [0.2, 0.25) is 5.91 Å². The summed E-state index contributed by atoms with van der Waals surface area (Å²) in [7, 11) is 2.01. The SMILES string of the molecule is CC(CN)CN(C)C1CCc2ccccc2NC1=O. The molecule has 0 saturated heterocycles. The van der Waals surface area contributed by atoms with Gasteiger partial charge in [0.05, 0.1) is 6.04 Å². The number of fused-ring (bicyclic) bond motifs is 1. The van der Waals surface area contributed by atoms with Crippen LogP contribution in [0.5, 0.6) is 0 Å². The fraction of sp³-hybridized carbons (Fsp3) is 0.533. The predicted molar refractivity (Wildman–Crippen MR) is 78.0 cm³/mol. The Bertz CT molecular complexity index is 447. The van der Waals surface area contributed by atoms with E-state index in [1.807, 2.05) is 25.2 Å². The predicted octanol–water partition coefficient (Wildman–Crippen LogP) is 1.47. The zero-order valence-corrected chi connectivity index (χ0v) is 11.7. The molecule has 104 valence electrons. The van der Waals surface area contributed by atoms with Gasteiger partial charge in [-0.2, -0.15) is 0 Å². The second-order valence-corrected chi connectivity index (χ2v) is 5.48. The van der Waals surface area contributed by atoms with Gasteiger partial charge in [0.25, 0.3) is 0 Å². The van der Waals surface area contributed by atoms with Crippen molar-refractivity contribution in [3.05, 3.63) is 29.8 Å². The van der Waals surface area contributed by atoms with E-state index in [0.29, 0.717) is 12.5 Å². The maximum absolute atomic E-state index is 12.3. The molecule has 1 aliphatic rings. The van der Waals surface area contributed by atoms with Crippen molar-refractivity contribution < 1.29 is 4.79 Å². The fourth-order valence-electron chi connectivity index (χ4n) is 2.61. The van der Waals surface area contributed by atoms with Crippen molar-refractivity contribution >= 4 is 11.6 Å². The number of carbonyl (C=O) groups is 1. The average molecular weight is 261 g/mol. The zero-order valence-electron chi connectivity index (χ0n) is 11.7. The Hall–Kier alpha value is -1.39. The van der Waals surface area contributed by atoms with Gasteiger partial charge in [-0.25, -0.2) is 0 Å². The number of para-hydroxylation sites is 1. The van der Waals surface area contributed by atoms with Crippen LogP contribution in [-0.2, 0) is 11.2 Å². The summed E-state index contributed by atoms with van der Waals surface area (Å²) in [6.07, 6.45) is 1.79. The van der Waals surface area contributed by atoms with Gasteiger partial charge in [0.15, 0.2) is 0 Å². The first-order valence-corrected chi connectivity index (χ1v) is 6.91. The molecule has 0 spiro atoms. The highest BCUT2D eigenvalue weighted by Gasteiger charge is 2.27. The molecule has 0 bridgehead atoms. The summed E-state index contributed by atoms with van der Waals surface area (Å²) < 4.78 is 0. The normalized spacial score (nSPS) is 20.6. The number of nitrogens with zero attached hydrogens (tertiary/aromatic N) is 1. The van der Waals surface area contributed by atoms with E-state index in [1.54, 1.807) is 0 Å². The summed E-state index contributed by atoms with van der Waals surface area (Å²) in [6.45, 7) is 3.61. The molecule has 2 unspecified atom stereocenters. The first-order valence-electron chi connectivity index (χ1n) is 6.91. The van der Waals surface area contributed by atoms with Gasteiger partial charge >= 0.3 is 0 Å².